The van der Waals surface area contributed by atoms with Crippen LogP contribution in [0.15, 0.2) is 77.0 Å². The van der Waals surface area contributed by atoms with Crippen molar-refractivity contribution in [1.82, 2.24) is 4.72 Å². The quantitative estimate of drug-likeness (QED) is 0.611. The van der Waals surface area contributed by atoms with Crippen LogP contribution in [0.3, 0.4) is 0 Å². The Morgan fingerprint density at radius 1 is 1.04 bits per heavy atom. The summed E-state index contributed by atoms with van der Waals surface area (Å²) in [6, 6.07) is 20.0. The second-order valence-corrected chi connectivity index (χ2v) is 8.48. The second kappa shape index (κ2) is 8.47. The average Bonchev–Trinajstić information content (AvgIpc) is 3.19. The molecule has 1 atom stereocenters. The number of sulfonamides is 1. The number of hydrogen-bond acceptors (Lipinski definition) is 5. The third kappa shape index (κ3) is 4.63. The van der Waals surface area contributed by atoms with E-state index in [1.54, 1.807) is 5.38 Å². The SMILES string of the molecule is COC(=O)c1sccc1S(=O)(=O)N[C@@H](Cc1ccccc1)c1ccccc1. The molecule has 1 aromatic heterocycles. The highest BCUT2D eigenvalue weighted by molar-refractivity contribution is 7.89. The summed E-state index contributed by atoms with van der Waals surface area (Å²) in [5.74, 6) is -0.662. The Hall–Kier alpha value is -2.48. The summed E-state index contributed by atoms with van der Waals surface area (Å²) in [7, 11) is -2.68. The first-order valence-corrected chi connectivity index (χ1v) is 10.6. The molecule has 3 rings (SSSR count). The number of thiophene rings is 1. The lowest BCUT2D eigenvalue weighted by Crippen LogP contribution is -2.30. The van der Waals surface area contributed by atoms with Crippen molar-refractivity contribution in [2.75, 3.05) is 7.11 Å². The zero-order valence-electron chi connectivity index (χ0n) is 14.7. The van der Waals surface area contributed by atoms with Crippen molar-refractivity contribution in [2.45, 2.75) is 17.4 Å². The highest BCUT2D eigenvalue weighted by atomic mass is 32.2. The van der Waals surface area contributed by atoms with Crippen molar-refractivity contribution in [1.29, 1.82) is 0 Å². The van der Waals surface area contributed by atoms with E-state index < -0.39 is 22.0 Å². The minimum Gasteiger partial charge on any atom is -0.465 e. The minimum absolute atomic E-state index is 0.0617. The zero-order chi connectivity index (χ0) is 19.3. The Balaban J connectivity index is 1.94. The highest BCUT2D eigenvalue weighted by Crippen LogP contribution is 2.26. The molecule has 0 aliphatic carbocycles. The molecular formula is C20H19NO4S2. The number of nitrogens with one attached hydrogen (secondary N) is 1. The number of rotatable bonds is 7. The average molecular weight is 402 g/mol. The molecule has 0 spiro atoms. The number of carbonyl (C=O) groups excluding carboxylic acids is 1. The second-order valence-electron chi connectivity index (χ2n) is 5.88. The van der Waals surface area contributed by atoms with E-state index in [1.807, 2.05) is 60.7 Å². The standard InChI is InChI=1S/C20H19NO4S2/c1-25-20(22)19-18(12-13-26-19)27(23,24)21-17(16-10-6-3-7-11-16)14-15-8-4-2-5-9-15/h2-13,17,21H,14H2,1H3/t17-/m0/s1. The number of methoxy groups -OCH3 is 1. The van der Waals surface area contributed by atoms with Crippen LogP contribution >= 0.6 is 11.3 Å². The molecule has 0 aliphatic rings. The van der Waals surface area contributed by atoms with Gasteiger partial charge in [0.2, 0.25) is 10.0 Å². The Morgan fingerprint density at radius 2 is 1.67 bits per heavy atom. The Kier molecular flexibility index (Phi) is 6.05. The Labute approximate surface area is 162 Å². The molecule has 5 nitrogen and oxygen atoms in total. The summed E-state index contributed by atoms with van der Waals surface area (Å²) in [6.45, 7) is 0. The van der Waals surface area contributed by atoms with Crippen molar-refractivity contribution in [3.63, 3.8) is 0 Å². The number of carbonyl (C=O) groups is 1. The molecule has 27 heavy (non-hydrogen) atoms. The third-order valence-electron chi connectivity index (χ3n) is 4.07. The van der Waals surface area contributed by atoms with Gasteiger partial charge in [0, 0.05) is 0 Å². The zero-order valence-corrected chi connectivity index (χ0v) is 16.3. The topological polar surface area (TPSA) is 72.5 Å². The van der Waals surface area contributed by atoms with Crippen LogP contribution in [-0.2, 0) is 21.2 Å². The Bertz CT molecular complexity index is 999. The van der Waals surface area contributed by atoms with Gasteiger partial charge in [0.15, 0.2) is 0 Å². The van der Waals surface area contributed by atoms with E-state index >= 15 is 0 Å². The first-order chi connectivity index (χ1) is 13.0. The van der Waals surface area contributed by atoms with Gasteiger partial charge in [-0.25, -0.2) is 17.9 Å². The normalized spacial score (nSPS) is 12.5. The van der Waals surface area contributed by atoms with Gasteiger partial charge >= 0.3 is 5.97 Å². The molecule has 0 fully saturated rings. The third-order valence-corrected chi connectivity index (χ3v) is 6.61. The fraction of sp³-hybridized carbons (Fsp3) is 0.150. The monoisotopic (exact) mass is 401 g/mol. The summed E-state index contributed by atoms with van der Waals surface area (Å²) in [6.07, 6.45) is 0.488. The number of hydrogen-bond donors (Lipinski definition) is 1. The van der Waals surface area contributed by atoms with Gasteiger partial charge in [-0.1, -0.05) is 60.7 Å². The minimum atomic E-state index is -3.91. The molecule has 3 aromatic rings. The molecule has 1 heterocycles. The van der Waals surface area contributed by atoms with E-state index in [2.05, 4.69) is 4.72 Å². The summed E-state index contributed by atoms with van der Waals surface area (Å²) in [5, 5.41) is 1.57. The van der Waals surface area contributed by atoms with Crippen LogP contribution < -0.4 is 4.72 Å². The van der Waals surface area contributed by atoms with Crippen molar-refractivity contribution >= 4 is 27.3 Å². The van der Waals surface area contributed by atoms with Gasteiger partial charge in [-0.2, -0.15) is 0 Å². The molecule has 2 aromatic carbocycles. The predicted molar refractivity (Wildman–Crippen MR) is 105 cm³/mol. The van der Waals surface area contributed by atoms with Crippen LogP contribution in [0.1, 0.15) is 26.8 Å². The van der Waals surface area contributed by atoms with Gasteiger partial charge in [-0.15, -0.1) is 11.3 Å². The van der Waals surface area contributed by atoms with Crippen molar-refractivity contribution in [3.05, 3.63) is 88.1 Å². The molecule has 0 unspecified atom stereocenters. The largest absolute Gasteiger partial charge is 0.465 e. The lowest BCUT2D eigenvalue weighted by atomic mass is 10.00. The van der Waals surface area contributed by atoms with E-state index in [1.165, 1.54) is 13.2 Å². The molecule has 1 N–H and O–H groups in total. The first-order valence-electron chi connectivity index (χ1n) is 8.28. The maximum Gasteiger partial charge on any atom is 0.349 e. The van der Waals surface area contributed by atoms with Gasteiger partial charge in [0.05, 0.1) is 13.2 Å². The van der Waals surface area contributed by atoms with E-state index in [9.17, 15) is 13.2 Å². The molecule has 0 aliphatic heterocycles. The van der Waals surface area contributed by atoms with E-state index in [0.29, 0.717) is 6.42 Å². The van der Waals surface area contributed by atoms with Gasteiger partial charge in [0.25, 0.3) is 0 Å². The lowest BCUT2D eigenvalue weighted by molar-refractivity contribution is 0.0602. The summed E-state index contributed by atoms with van der Waals surface area (Å²) < 4.78 is 33.4. The van der Waals surface area contributed by atoms with Gasteiger partial charge in [0.1, 0.15) is 9.77 Å². The van der Waals surface area contributed by atoms with Crippen molar-refractivity contribution < 1.29 is 17.9 Å². The smallest absolute Gasteiger partial charge is 0.349 e. The van der Waals surface area contributed by atoms with Crippen LogP contribution in [0.2, 0.25) is 0 Å². The molecule has 0 saturated heterocycles. The number of benzene rings is 2. The fourth-order valence-electron chi connectivity index (χ4n) is 2.76. The van der Waals surface area contributed by atoms with Crippen LogP contribution in [0, 0.1) is 0 Å². The van der Waals surface area contributed by atoms with Gasteiger partial charge in [-0.05, 0) is 29.0 Å². The molecule has 7 heteroatoms. The lowest BCUT2D eigenvalue weighted by Gasteiger charge is -2.19. The van der Waals surface area contributed by atoms with Crippen molar-refractivity contribution in [2.24, 2.45) is 0 Å². The predicted octanol–water partition coefficient (Wildman–Crippen LogP) is 3.80. The van der Waals surface area contributed by atoms with Crippen molar-refractivity contribution in [3.8, 4) is 0 Å². The Morgan fingerprint density at radius 3 is 2.30 bits per heavy atom. The fourth-order valence-corrected chi connectivity index (χ4v) is 5.32. The summed E-state index contributed by atoms with van der Waals surface area (Å²) in [4.78, 5) is 11.9. The molecule has 140 valence electrons. The van der Waals surface area contributed by atoms with Crippen LogP contribution in [0.5, 0.6) is 0 Å². The molecule has 0 saturated carbocycles. The molecular weight excluding hydrogens is 382 g/mol. The van der Waals surface area contributed by atoms with Crippen LogP contribution in [-0.4, -0.2) is 21.5 Å². The maximum absolute atomic E-state index is 13.0. The number of ether oxygens (including phenoxy) is 1. The molecule has 0 radical (unpaired) electrons. The van der Waals surface area contributed by atoms with Crippen LogP contribution in [0.25, 0.3) is 0 Å². The van der Waals surface area contributed by atoms with E-state index in [4.69, 9.17) is 4.74 Å². The van der Waals surface area contributed by atoms with E-state index in [-0.39, 0.29) is 9.77 Å². The summed E-state index contributed by atoms with van der Waals surface area (Å²) >= 11 is 1.04. The maximum atomic E-state index is 13.0. The first kappa shape index (κ1) is 19.3. The van der Waals surface area contributed by atoms with Crippen LogP contribution in [0.4, 0.5) is 0 Å². The highest BCUT2D eigenvalue weighted by Gasteiger charge is 2.27. The van der Waals surface area contributed by atoms with Gasteiger partial charge < -0.3 is 4.74 Å². The molecule has 0 amide bonds. The van der Waals surface area contributed by atoms with E-state index in [0.717, 1.165) is 22.5 Å². The number of esters is 1. The van der Waals surface area contributed by atoms with Gasteiger partial charge in [-0.3, -0.25) is 0 Å². The molecule has 0 bridgehead atoms. The summed E-state index contributed by atoms with van der Waals surface area (Å²) in [5.41, 5.74) is 1.85.